The number of nitrogens with one attached hydrogen (secondary N) is 1. The predicted molar refractivity (Wildman–Crippen MR) is 77.2 cm³/mol. The van der Waals surface area contributed by atoms with Crippen LogP contribution >= 0.6 is 0 Å². The molecule has 0 saturated heterocycles. The largest absolute Gasteiger partial charge is 0.479 e. The van der Waals surface area contributed by atoms with E-state index in [-0.39, 0.29) is 17.7 Å². The van der Waals surface area contributed by atoms with Crippen LogP contribution in [0.3, 0.4) is 0 Å². The molecule has 2 N–H and O–H groups in total. The Balaban J connectivity index is 2.35. The summed E-state index contributed by atoms with van der Waals surface area (Å²) in [6, 6.07) is 6.04. The van der Waals surface area contributed by atoms with E-state index in [4.69, 9.17) is 0 Å². The molecule has 1 aliphatic carbocycles. The van der Waals surface area contributed by atoms with Gasteiger partial charge in [0.2, 0.25) is 0 Å². The minimum atomic E-state index is -0.986. The minimum absolute atomic E-state index is 0.0528. The molecule has 1 aromatic carbocycles. The molecule has 1 saturated carbocycles. The Morgan fingerprint density at radius 2 is 2.20 bits per heavy atom. The van der Waals surface area contributed by atoms with Gasteiger partial charge in [-0.1, -0.05) is 32.8 Å². The molecule has 0 bridgehead atoms. The second-order valence-electron chi connectivity index (χ2n) is 6.01. The molecular weight excluding hydrogens is 257 g/mol. The molecule has 0 spiro atoms. The molecule has 0 radical (unpaired) electrons. The maximum absolute atomic E-state index is 13.3. The number of benzene rings is 1. The van der Waals surface area contributed by atoms with Crippen molar-refractivity contribution in [3.8, 4) is 0 Å². The second kappa shape index (κ2) is 5.81. The van der Waals surface area contributed by atoms with Crippen LogP contribution in [0.25, 0.3) is 0 Å². The van der Waals surface area contributed by atoms with Gasteiger partial charge in [0.25, 0.3) is 0 Å². The molecule has 2 rings (SSSR count). The first-order valence-corrected chi connectivity index (χ1v) is 7.23. The number of carbonyl (C=O) groups is 1. The van der Waals surface area contributed by atoms with Gasteiger partial charge >= 0.3 is 5.97 Å². The van der Waals surface area contributed by atoms with E-state index in [2.05, 4.69) is 19.2 Å². The maximum Gasteiger partial charge on any atom is 0.329 e. The average molecular weight is 279 g/mol. The quantitative estimate of drug-likeness (QED) is 0.878. The summed E-state index contributed by atoms with van der Waals surface area (Å²) < 4.78 is 13.3. The van der Waals surface area contributed by atoms with Crippen LogP contribution in [0, 0.1) is 17.7 Å². The fourth-order valence-electron chi connectivity index (χ4n) is 3.40. The van der Waals surface area contributed by atoms with Crippen molar-refractivity contribution in [1.82, 2.24) is 0 Å². The average Bonchev–Trinajstić information content (AvgIpc) is 2.38. The Morgan fingerprint density at radius 1 is 1.45 bits per heavy atom. The summed E-state index contributed by atoms with van der Waals surface area (Å²) in [5, 5.41) is 12.9. The summed E-state index contributed by atoms with van der Waals surface area (Å²) in [5.74, 6) is -0.864. The van der Waals surface area contributed by atoms with E-state index in [1.165, 1.54) is 12.1 Å². The smallest absolute Gasteiger partial charge is 0.329 e. The number of halogens is 1. The molecule has 110 valence electrons. The Kier molecular flexibility index (Phi) is 4.31. The molecule has 2 unspecified atom stereocenters. The third kappa shape index (κ3) is 2.79. The van der Waals surface area contributed by atoms with E-state index in [1.807, 2.05) is 0 Å². The molecule has 1 aromatic rings. The van der Waals surface area contributed by atoms with Crippen molar-refractivity contribution >= 4 is 11.7 Å². The Labute approximate surface area is 119 Å². The molecule has 0 aliphatic heterocycles. The van der Waals surface area contributed by atoms with Gasteiger partial charge in [0.1, 0.15) is 11.4 Å². The molecule has 1 aliphatic rings. The van der Waals surface area contributed by atoms with Crippen molar-refractivity contribution in [2.24, 2.45) is 11.8 Å². The van der Waals surface area contributed by atoms with Gasteiger partial charge < -0.3 is 10.4 Å². The number of carboxylic acid groups (broad SMARTS) is 1. The number of aliphatic carboxylic acids is 1. The van der Waals surface area contributed by atoms with Crippen molar-refractivity contribution in [3.63, 3.8) is 0 Å². The monoisotopic (exact) mass is 279 g/mol. The zero-order chi connectivity index (χ0) is 14.8. The first kappa shape index (κ1) is 14.8. The van der Waals surface area contributed by atoms with Crippen molar-refractivity contribution in [3.05, 3.63) is 30.1 Å². The van der Waals surface area contributed by atoms with E-state index in [0.717, 1.165) is 19.3 Å². The van der Waals surface area contributed by atoms with Gasteiger partial charge in [0.15, 0.2) is 0 Å². The predicted octanol–water partition coefficient (Wildman–Crippen LogP) is 3.91. The lowest BCUT2D eigenvalue weighted by Crippen LogP contribution is -2.55. The highest BCUT2D eigenvalue weighted by Crippen LogP contribution is 2.41. The molecule has 1 fully saturated rings. The SMILES string of the molecule is CC(C)C1CCCCC1(Nc1cccc(F)c1)C(=O)O. The fourth-order valence-corrected chi connectivity index (χ4v) is 3.40. The second-order valence-corrected chi connectivity index (χ2v) is 6.01. The van der Waals surface area contributed by atoms with Crippen LogP contribution < -0.4 is 5.32 Å². The van der Waals surface area contributed by atoms with Gasteiger partial charge in [-0.3, -0.25) is 0 Å². The van der Waals surface area contributed by atoms with Crippen LogP contribution in [-0.2, 0) is 4.79 Å². The third-order valence-corrected chi connectivity index (χ3v) is 4.35. The van der Waals surface area contributed by atoms with Gasteiger partial charge in [-0.05, 0) is 42.9 Å². The normalized spacial score (nSPS) is 26.5. The summed E-state index contributed by atoms with van der Waals surface area (Å²) >= 11 is 0. The van der Waals surface area contributed by atoms with Gasteiger partial charge in [-0.25, -0.2) is 9.18 Å². The van der Waals surface area contributed by atoms with Crippen LogP contribution in [0.2, 0.25) is 0 Å². The van der Waals surface area contributed by atoms with Gasteiger partial charge in [-0.2, -0.15) is 0 Å². The first-order chi connectivity index (χ1) is 9.45. The summed E-state index contributed by atoms with van der Waals surface area (Å²) in [6.45, 7) is 4.11. The Hall–Kier alpha value is -1.58. The van der Waals surface area contributed by atoms with Gasteiger partial charge in [-0.15, -0.1) is 0 Å². The van der Waals surface area contributed by atoms with Crippen molar-refractivity contribution in [2.45, 2.75) is 45.1 Å². The van der Waals surface area contributed by atoms with Gasteiger partial charge in [0, 0.05) is 5.69 Å². The summed E-state index contributed by atoms with van der Waals surface area (Å²) in [4.78, 5) is 11.9. The topological polar surface area (TPSA) is 49.3 Å². The number of rotatable bonds is 4. The first-order valence-electron chi connectivity index (χ1n) is 7.23. The number of hydrogen-bond donors (Lipinski definition) is 2. The zero-order valence-electron chi connectivity index (χ0n) is 12.0. The molecule has 0 aromatic heterocycles. The molecule has 20 heavy (non-hydrogen) atoms. The molecular formula is C16H22FNO2. The molecule has 0 amide bonds. The fraction of sp³-hybridized carbons (Fsp3) is 0.562. The minimum Gasteiger partial charge on any atom is -0.479 e. The van der Waals surface area contributed by atoms with Crippen molar-refractivity contribution in [2.75, 3.05) is 5.32 Å². The van der Waals surface area contributed by atoms with Crippen molar-refractivity contribution in [1.29, 1.82) is 0 Å². The van der Waals surface area contributed by atoms with E-state index in [1.54, 1.807) is 12.1 Å². The highest BCUT2D eigenvalue weighted by Gasteiger charge is 2.48. The zero-order valence-corrected chi connectivity index (χ0v) is 12.0. The van der Waals surface area contributed by atoms with E-state index in [0.29, 0.717) is 12.1 Å². The lowest BCUT2D eigenvalue weighted by atomic mass is 9.67. The van der Waals surface area contributed by atoms with E-state index in [9.17, 15) is 14.3 Å². The number of carboxylic acids is 1. The van der Waals surface area contributed by atoms with Gasteiger partial charge in [0.05, 0.1) is 0 Å². The van der Waals surface area contributed by atoms with Crippen LogP contribution in [0.1, 0.15) is 39.5 Å². The van der Waals surface area contributed by atoms with Crippen LogP contribution in [0.5, 0.6) is 0 Å². The molecule has 2 atom stereocenters. The van der Waals surface area contributed by atoms with E-state index < -0.39 is 11.5 Å². The lowest BCUT2D eigenvalue weighted by molar-refractivity contribution is -0.146. The van der Waals surface area contributed by atoms with E-state index >= 15 is 0 Å². The van der Waals surface area contributed by atoms with Crippen LogP contribution in [0.4, 0.5) is 10.1 Å². The summed E-state index contributed by atoms with van der Waals surface area (Å²) in [7, 11) is 0. The molecule has 3 nitrogen and oxygen atoms in total. The van der Waals surface area contributed by atoms with Crippen LogP contribution in [0.15, 0.2) is 24.3 Å². The highest BCUT2D eigenvalue weighted by molar-refractivity contribution is 5.83. The number of anilines is 1. The summed E-state index contributed by atoms with van der Waals surface area (Å²) in [6.07, 6.45) is 3.43. The lowest BCUT2D eigenvalue weighted by Gasteiger charge is -2.44. The van der Waals surface area contributed by atoms with Crippen molar-refractivity contribution < 1.29 is 14.3 Å². The highest BCUT2D eigenvalue weighted by atomic mass is 19.1. The molecule has 4 heteroatoms. The standard InChI is InChI=1S/C16H22FNO2/c1-11(2)14-8-3-4-9-16(14,15(19)20)18-13-7-5-6-12(17)10-13/h5-7,10-11,14,18H,3-4,8-9H2,1-2H3,(H,19,20). The number of hydrogen-bond acceptors (Lipinski definition) is 2. The Bertz CT molecular complexity index is 489. The third-order valence-electron chi connectivity index (χ3n) is 4.35. The summed E-state index contributed by atoms with van der Waals surface area (Å²) in [5.41, 5.74) is -0.444. The van der Waals surface area contributed by atoms with Crippen LogP contribution in [-0.4, -0.2) is 16.6 Å². The Morgan fingerprint density at radius 3 is 2.80 bits per heavy atom. The maximum atomic E-state index is 13.3. The molecule has 0 heterocycles.